The lowest BCUT2D eigenvalue weighted by Crippen LogP contribution is -2.50. The van der Waals surface area contributed by atoms with Gasteiger partial charge >= 0.3 is 0 Å². The molecule has 2 heterocycles. The number of carbonyl (C=O) groups excluding carboxylic acids is 3. The van der Waals surface area contributed by atoms with E-state index in [9.17, 15) is 14.4 Å². The largest absolute Gasteiger partial charge is 0.367 e. The first-order valence-electron chi connectivity index (χ1n) is 7.17. The number of hydrogen-bond donors (Lipinski definition) is 1. The zero-order valence-corrected chi connectivity index (χ0v) is 13.6. The summed E-state index contributed by atoms with van der Waals surface area (Å²) in [5.74, 6) is -0.736. The summed E-state index contributed by atoms with van der Waals surface area (Å²) < 4.78 is 5.20. The van der Waals surface area contributed by atoms with Gasteiger partial charge in [-0.2, -0.15) is 0 Å². The SMILES string of the molecule is Cc1cc(C(=O)CCC(=O)N2CCO[C@H](C(N)=O)C2)c(C)s1. The van der Waals surface area contributed by atoms with E-state index in [1.807, 2.05) is 19.9 Å². The maximum Gasteiger partial charge on any atom is 0.248 e. The number of ether oxygens (including phenoxy) is 1. The number of rotatable bonds is 5. The third-order valence-electron chi connectivity index (χ3n) is 3.64. The van der Waals surface area contributed by atoms with Gasteiger partial charge in [-0.1, -0.05) is 0 Å². The molecule has 120 valence electrons. The molecule has 2 N–H and O–H groups in total. The van der Waals surface area contributed by atoms with Crippen LogP contribution < -0.4 is 5.73 Å². The number of Topliss-reactive ketones (excluding diaryl/α,β-unsaturated/α-hetero) is 1. The maximum absolute atomic E-state index is 12.2. The van der Waals surface area contributed by atoms with Crippen molar-refractivity contribution in [3.8, 4) is 0 Å². The van der Waals surface area contributed by atoms with Gasteiger partial charge in [0, 0.05) is 34.7 Å². The van der Waals surface area contributed by atoms with Crippen LogP contribution in [-0.2, 0) is 14.3 Å². The van der Waals surface area contributed by atoms with Crippen molar-refractivity contribution in [3.63, 3.8) is 0 Å². The van der Waals surface area contributed by atoms with E-state index >= 15 is 0 Å². The summed E-state index contributed by atoms with van der Waals surface area (Å²) in [6.45, 7) is 4.74. The second kappa shape index (κ2) is 7.02. The van der Waals surface area contributed by atoms with Crippen molar-refractivity contribution in [2.24, 2.45) is 5.73 Å². The molecule has 0 unspecified atom stereocenters. The Morgan fingerprint density at radius 2 is 2.09 bits per heavy atom. The molecule has 0 saturated carbocycles. The Balaban J connectivity index is 1.88. The number of primary amides is 1. The van der Waals surface area contributed by atoms with Crippen molar-refractivity contribution >= 4 is 28.9 Å². The fraction of sp³-hybridized carbons (Fsp3) is 0.533. The predicted octanol–water partition coefficient (Wildman–Crippen LogP) is 1.04. The average Bonchev–Trinajstić information content (AvgIpc) is 2.83. The lowest BCUT2D eigenvalue weighted by atomic mass is 10.1. The molecule has 1 atom stereocenters. The molecular formula is C15H20N2O4S. The predicted molar refractivity (Wildman–Crippen MR) is 82.9 cm³/mol. The van der Waals surface area contributed by atoms with Crippen LogP contribution in [0, 0.1) is 13.8 Å². The molecule has 0 aromatic carbocycles. The van der Waals surface area contributed by atoms with E-state index in [1.54, 1.807) is 11.3 Å². The normalized spacial score (nSPS) is 18.3. The molecule has 0 aliphatic carbocycles. The van der Waals surface area contributed by atoms with Crippen LogP contribution in [0.4, 0.5) is 0 Å². The highest BCUT2D eigenvalue weighted by Crippen LogP contribution is 2.22. The molecule has 2 amide bonds. The van der Waals surface area contributed by atoms with Gasteiger partial charge in [-0.15, -0.1) is 11.3 Å². The topological polar surface area (TPSA) is 89.7 Å². The first-order chi connectivity index (χ1) is 10.4. The quantitative estimate of drug-likeness (QED) is 0.820. The highest BCUT2D eigenvalue weighted by Gasteiger charge is 2.27. The second-order valence-electron chi connectivity index (χ2n) is 5.35. The van der Waals surface area contributed by atoms with Gasteiger partial charge in [0.2, 0.25) is 11.8 Å². The number of aryl methyl sites for hydroxylation is 2. The number of nitrogens with zero attached hydrogens (tertiary/aromatic N) is 1. The molecule has 0 spiro atoms. The molecule has 6 nitrogen and oxygen atoms in total. The van der Waals surface area contributed by atoms with E-state index in [4.69, 9.17) is 10.5 Å². The molecule has 22 heavy (non-hydrogen) atoms. The Kier molecular flexibility index (Phi) is 5.31. The van der Waals surface area contributed by atoms with E-state index in [2.05, 4.69) is 0 Å². The fourth-order valence-corrected chi connectivity index (χ4v) is 3.41. The van der Waals surface area contributed by atoms with Crippen LogP contribution in [0.2, 0.25) is 0 Å². The first kappa shape index (κ1) is 16.6. The Bertz CT molecular complexity index is 596. The Hall–Kier alpha value is -1.73. The molecule has 1 fully saturated rings. The Morgan fingerprint density at radius 3 is 2.68 bits per heavy atom. The van der Waals surface area contributed by atoms with E-state index in [0.29, 0.717) is 12.1 Å². The van der Waals surface area contributed by atoms with E-state index in [-0.39, 0.29) is 37.7 Å². The molecule has 1 aliphatic heterocycles. The van der Waals surface area contributed by atoms with Crippen molar-refractivity contribution < 1.29 is 19.1 Å². The van der Waals surface area contributed by atoms with Crippen molar-refractivity contribution in [2.75, 3.05) is 19.7 Å². The number of amides is 2. The molecule has 2 rings (SSSR count). The Morgan fingerprint density at radius 1 is 1.36 bits per heavy atom. The number of nitrogens with two attached hydrogens (primary N) is 1. The Labute approximate surface area is 133 Å². The fourth-order valence-electron chi connectivity index (χ4n) is 2.47. The lowest BCUT2D eigenvalue weighted by Gasteiger charge is -2.31. The van der Waals surface area contributed by atoms with Gasteiger partial charge in [-0.3, -0.25) is 14.4 Å². The number of thiophene rings is 1. The molecular weight excluding hydrogens is 304 g/mol. The minimum Gasteiger partial charge on any atom is -0.367 e. The maximum atomic E-state index is 12.2. The van der Waals surface area contributed by atoms with E-state index in [0.717, 1.165) is 9.75 Å². The number of ketones is 1. The molecule has 1 aromatic rings. The summed E-state index contributed by atoms with van der Waals surface area (Å²) in [4.78, 5) is 39.1. The summed E-state index contributed by atoms with van der Waals surface area (Å²) in [6.07, 6.45) is -0.442. The third kappa shape index (κ3) is 3.92. The van der Waals surface area contributed by atoms with Gasteiger partial charge in [-0.25, -0.2) is 0 Å². The van der Waals surface area contributed by atoms with Crippen LogP contribution in [0.25, 0.3) is 0 Å². The summed E-state index contributed by atoms with van der Waals surface area (Å²) in [7, 11) is 0. The second-order valence-corrected chi connectivity index (χ2v) is 6.81. The molecule has 0 radical (unpaired) electrons. The van der Waals surface area contributed by atoms with Gasteiger partial charge in [-0.05, 0) is 19.9 Å². The molecule has 1 aromatic heterocycles. The minimum atomic E-state index is -0.754. The lowest BCUT2D eigenvalue weighted by molar-refractivity contribution is -0.145. The minimum absolute atomic E-state index is 0.0186. The third-order valence-corrected chi connectivity index (χ3v) is 4.61. The van der Waals surface area contributed by atoms with Crippen LogP contribution in [0.3, 0.4) is 0 Å². The number of carbonyl (C=O) groups is 3. The van der Waals surface area contributed by atoms with Crippen molar-refractivity contribution in [1.82, 2.24) is 4.90 Å². The van der Waals surface area contributed by atoms with Crippen molar-refractivity contribution in [2.45, 2.75) is 32.8 Å². The van der Waals surface area contributed by atoms with Crippen molar-refractivity contribution in [3.05, 3.63) is 21.4 Å². The van der Waals surface area contributed by atoms with Gasteiger partial charge in [0.25, 0.3) is 0 Å². The molecule has 0 bridgehead atoms. The molecule has 1 saturated heterocycles. The van der Waals surface area contributed by atoms with Crippen LogP contribution in [0.5, 0.6) is 0 Å². The standard InChI is InChI=1S/C15H20N2O4S/c1-9-7-11(10(2)22-9)12(18)3-4-14(19)17-5-6-21-13(8-17)15(16)20/h7,13H,3-6,8H2,1-2H3,(H2,16,20)/t13-/m0/s1. The monoisotopic (exact) mass is 324 g/mol. The molecule has 7 heteroatoms. The van der Waals surface area contributed by atoms with Crippen LogP contribution in [-0.4, -0.2) is 48.3 Å². The van der Waals surface area contributed by atoms with Gasteiger partial charge in [0.05, 0.1) is 13.2 Å². The van der Waals surface area contributed by atoms with Crippen LogP contribution in [0.1, 0.15) is 33.0 Å². The zero-order chi connectivity index (χ0) is 16.3. The van der Waals surface area contributed by atoms with Gasteiger partial charge < -0.3 is 15.4 Å². The van der Waals surface area contributed by atoms with Gasteiger partial charge in [0.1, 0.15) is 0 Å². The molecule has 1 aliphatic rings. The first-order valence-corrected chi connectivity index (χ1v) is 7.99. The number of hydrogen-bond acceptors (Lipinski definition) is 5. The summed E-state index contributed by atoms with van der Waals surface area (Å²) in [5.41, 5.74) is 5.89. The van der Waals surface area contributed by atoms with Gasteiger partial charge in [0.15, 0.2) is 11.9 Å². The zero-order valence-electron chi connectivity index (χ0n) is 12.8. The van der Waals surface area contributed by atoms with Crippen LogP contribution in [0.15, 0.2) is 6.07 Å². The van der Waals surface area contributed by atoms with Crippen molar-refractivity contribution in [1.29, 1.82) is 0 Å². The highest BCUT2D eigenvalue weighted by molar-refractivity contribution is 7.12. The highest BCUT2D eigenvalue weighted by atomic mass is 32.1. The summed E-state index contributed by atoms with van der Waals surface area (Å²) in [6, 6.07) is 1.87. The average molecular weight is 324 g/mol. The summed E-state index contributed by atoms with van der Waals surface area (Å²) in [5, 5.41) is 0. The smallest absolute Gasteiger partial charge is 0.248 e. The number of morpholine rings is 1. The van der Waals surface area contributed by atoms with Crippen LogP contribution >= 0.6 is 11.3 Å². The van der Waals surface area contributed by atoms with E-state index < -0.39 is 12.0 Å². The summed E-state index contributed by atoms with van der Waals surface area (Å²) >= 11 is 1.58. The van der Waals surface area contributed by atoms with E-state index in [1.165, 1.54) is 4.90 Å².